The van der Waals surface area contributed by atoms with Crippen LogP contribution < -0.4 is 10.1 Å². The van der Waals surface area contributed by atoms with E-state index in [1.165, 1.54) is 7.11 Å². The van der Waals surface area contributed by atoms with E-state index in [-0.39, 0.29) is 5.91 Å². The van der Waals surface area contributed by atoms with Gasteiger partial charge in [-0.05, 0) is 30.7 Å². The molecule has 1 N–H and O–H groups in total. The second kappa shape index (κ2) is 6.04. The summed E-state index contributed by atoms with van der Waals surface area (Å²) in [6.45, 7) is 1.91. The van der Waals surface area contributed by atoms with Crippen molar-refractivity contribution >= 4 is 11.6 Å². The summed E-state index contributed by atoms with van der Waals surface area (Å²) in [5, 5.41) is 2.80. The molecule has 2 aromatic heterocycles. The molecule has 100 valence electrons. The van der Waals surface area contributed by atoms with Gasteiger partial charge in [0.25, 0.3) is 0 Å². The first-order valence-corrected chi connectivity index (χ1v) is 6.02. The summed E-state index contributed by atoms with van der Waals surface area (Å²) in [4.78, 5) is 16.0. The predicted molar refractivity (Wildman–Crippen MR) is 71.2 cm³/mol. The highest BCUT2D eigenvalue weighted by Gasteiger charge is 2.09. The van der Waals surface area contributed by atoms with Gasteiger partial charge in [0, 0.05) is 19.0 Å². The molecule has 0 aliphatic carbocycles. The number of carbonyl (C=O) groups excluding carboxylic acids is 1. The first-order valence-electron chi connectivity index (χ1n) is 6.02. The molecule has 0 atom stereocenters. The molecular weight excluding hydrogens is 244 g/mol. The first-order chi connectivity index (χ1) is 9.19. The van der Waals surface area contributed by atoms with Crippen LogP contribution in [0.1, 0.15) is 17.7 Å². The van der Waals surface area contributed by atoms with Crippen LogP contribution in [-0.4, -0.2) is 18.0 Å². The van der Waals surface area contributed by atoms with Crippen molar-refractivity contribution in [2.24, 2.45) is 0 Å². The Balaban J connectivity index is 1.96. The number of methoxy groups -OCH3 is 1. The number of pyridine rings is 1. The summed E-state index contributed by atoms with van der Waals surface area (Å²) in [6, 6.07) is 5.49. The van der Waals surface area contributed by atoms with E-state index in [4.69, 9.17) is 9.15 Å². The topological polar surface area (TPSA) is 64.4 Å². The van der Waals surface area contributed by atoms with Crippen LogP contribution >= 0.6 is 0 Å². The second-order valence-corrected chi connectivity index (χ2v) is 4.20. The van der Waals surface area contributed by atoms with Gasteiger partial charge in [-0.3, -0.25) is 4.79 Å². The number of nitrogens with one attached hydrogen (secondary N) is 1. The molecule has 19 heavy (non-hydrogen) atoms. The normalized spacial score (nSPS) is 10.2. The smallest absolute Gasteiger partial charge is 0.237 e. The molecule has 2 aromatic rings. The van der Waals surface area contributed by atoms with Crippen molar-refractivity contribution in [2.75, 3.05) is 12.4 Å². The fraction of sp³-hybridized carbons (Fsp3) is 0.286. The van der Waals surface area contributed by atoms with E-state index in [9.17, 15) is 4.79 Å². The molecule has 0 aliphatic heterocycles. The summed E-state index contributed by atoms with van der Waals surface area (Å²) in [5.41, 5.74) is 1.55. The average molecular weight is 260 g/mol. The van der Waals surface area contributed by atoms with Crippen LogP contribution in [0, 0.1) is 6.92 Å². The Bertz CT molecular complexity index is 550. The minimum atomic E-state index is -0.0953. The van der Waals surface area contributed by atoms with Crippen LogP contribution in [0.2, 0.25) is 0 Å². The van der Waals surface area contributed by atoms with Crippen molar-refractivity contribution in [2.45, 2.75) is 19.8 Å². The zero-order valence-corrected chi connectivity index (χ0v) is 11.0. The zero-order chi connectivity index (χ0) is 13.7. The molecule has 0 fully saturated rings. The first kappa shape index (κ1) is 13.1. The number of aromatic nitrogens is 1. The number of hydrogen-bond acceptors (Lipinski definition) is 4. The van der Waals surface area contributed by atoms with Gasteiger partial charge in [-0.1, -0.05) is 0 Å². The van der Waals surface area contributed by atoms with Crippen molar-refractivity contribution in [3.63, 3.8) is 0 Å². The maximum absolute atomic E-state index is 11.9. The van der Waals surface area contributed by atoms with Crippen molar-refractivity contribution in [3.8, 4) is 5.88 Å². The molecule has 0 aromatic carbocycles. The van der Waals surface area contributed by atoms with Crippen molar-refractivity contribution < 1.29 is 13.9 Å². The highest BCUT2D eigenvalue weighted by molar-refractivity contribution is 5.92. The molecule has 0 saturated heterocycles. The van der Waals surface area contributed by atoms with Gasteiger partial charge in [-0.15, -0.1) is 0 Å². The third-order valence-corrected chi connectivity index (χ3v) is 2.63. The van der Waals surface area contributed by atoms with Crippen LogP contribution in [0.25, 0.3) is 0 Å². The van der Waals surface area contributed by atoms with Gasteiger partial charge in [-0.2, -0.15) is 0 Å². The third-order valence-electron chi connectivity index (χ3n) is 2.63. The Kier molecular flexibility index (Phi) is 4.18. The number of carbonyl (C=O) groups is 1. The Morgan fingerprint density at radius 1 is 1.53 bits per heavy atom. The van der Waals surface area contributed by atoms with Gasteiger partial charge >= 0.3 is 0 Å². The van der Waals surface area contributed by atoms with Crippen molar-refractivity contribution in [1.29, 1.82) is 0 Å². The number of anilines is 1. The molecule has 0 radical (unpaired) electrons. The lowest BCUT2D eigenvalue weighted by atomic mass is 10.2. The van der Waals surface area contributed by atoms with E-state index < -0.39 is 0 Å². The standard InChI is InChI=1S/C14H16N2O3/c1-10-8-12(14(18-2)15-9-10)16-13(17)6-5-11-4-3-7-19-11/h3-4,7-9H,5-6H2,1-2H3,(H,16,17). The Morgan fingerprint density at radius 3 is 3.05 bits per heavy atom. The molecule has 0 spiro atoms. The maximum atomic E-state index is 11.9. The molecule has 0 unspecified atom stereocenters. The number of hydrogen-bond donors (Lipinski definition) is 1. The molecule has 2 rings (SSSR count). The van der Waals surface area contributed by atoms with Crippen LogP contribution in [0.3, 0.4) is 0 Å². The molecule has 5 heteroatoms. The summed E-state index contributed by atoms with van der Waals surface area (Å²) in [6.07, 6.45) is 4.21. The minimum Gasteiger partial charge on any atom is -0.480 e. The predicted octanol–water partition coefficient (Wildman–Crippen LogP) is 2.56. The van der Waals surface area contributed by atoms with Crippen LogP contribution in [-0.2, 0) is 11.2 Å². The SMILES string of the molecule is COc1ncc(C)cc1NC(=O)CCc1ccco1. The molecule has 5 nitrogen and oxygen atoms in total. The highest BCUT2D eigenvalue weighted by atomic mass is 16.5. The number of rotatable bonds is 5. The number of amides is 1. The molecule has 0 aliphatic rings. The fourth-order valence-corrected chi connectivity index (χ4v) is 1.71. The van der Waals surface area contributed by atoms with Gasteiger partial charge in [0.15, 0.2) is 0 Å². The molecular formula is C14H16N2O3. The van der Waals surface area contributed by atoms with E-state index in [2.05, 4.69) is 10.3 Å². The van der Waals surface area contributed by atoms with Gasteiger partial charge < -0.3 is 14.5 Å². The summed E-state index contributed by atoms with van der Waals surface area (Å²) >= 11 is 0. The molecule has 2 heterocycles. The van der Waals surface area contributed by atoms with E-state index in [0.717, 1.165) is 11.3 Å². The molecule has 0 saturated carbocycles. The second-order valence-electron chi connectivity index (χ2n) is 4.20. The van der Waals surface area contributed by atoms with Gasteiger partial charge in [0.2, 0.25) is 11.8 Å². The number of ether oxygens (including phenoxy) is 1. The Morgan fingerprint density at radius 2 is 2.37 bits per heavy atom. The quantitative estimate of drug-likeness (QED) is 0.897. The van der Waals surface area contributed by atoms with Crippen LogP contribution in [0.4, 0.5) is 5.69 Å². The van der Waals surface area contributed by atoms with E-state index >= 15 is 0 Å². The summed E-state index contributed by atoms with van der Waals surface area (Å²) < 4.78 is 10.3. The third kappa shape index (κ3) is 3.58. The van der Waals surface area contributed by atoms with Crippen LogP contribution in [0.5, 0.6) is 5.88 Å². The number of nitrogens with zero attached hydrogens (tertiary/aromatic N) is 1. The fourth-order valence-electron chi connectivity index (χ4n) is 1.71. The van der Waals surface area contributed by atoms with E-state index in [1.807, 2.05) is 19.1 Å². The van der Waals surface area contributed by atoms with E-state index in [0.29, 0.717) is 24.4 Å². The van der Waals surface area contributed by atoms with Gasteiger partial charge in [-0.25, -0.2) is 4.98 Å². The number of aryl methyl sites for hydroxylation is 2. The highest BCUT2D eigenvalue weighted by Crippen LogP contribution is 2.22. The van der Waals surface area contributed by atoms with Gasteiger partial charge in [0.05, 0.1) is 13.4 Å². The number of furan rings is 1. The zero-order valence-electron chi connectivity index (χ0n) is 11.0. The Hall–Kier alpha value is -2.30. The lowest BCUT2D eigenvalue weighted by Gasteiger charge is -2.09. The van der Waals surface area contributed by atoms with E-state index in [1.54, 1.807) is 18.5 Å². The van der Waals surface area contributed by atoms with Gasteiger partial charge in [0.1, 0.15) is 11.4 Å². The van der Waals surface area contributed by atoms with Crippen molar-refractivity contribution in [1.82, 2.24) is 4.98 Å². The lowest BCUT2D eigenvalue weighted by Crippen LogP contribution is -2.13. The largest absolute Gasteiger partial charge is 0.480 e. The molecule has 1 amide bonds. The summed E-state index contributed by atoms with van der Waals surface area (Å²) in [5.74, 6) is 1.11. The average Bonchev–Trinajstić information content (AvgIpc) is 2.90. The monoisotopic (exact) mass is 260 g/mol. The molecule has 0 bridgehead atoms. The minimum absolute atomic E-state index is 0.0953. The van der Waals surface area contributed by atoms with Crippen molar-refractivity contribution in [3.05, 3.63) is 42.0 Å². The Labute approximate surface area is 111 Å². The lowest BCUT2D eigenvalue weighted by molar-refractivity contribution is -0.116. The van der Waals surface area contributed by atoms with Crippen LogP contribution in [0.15, 0.2) is 35.1 Å². The summed E-state index contributed by atoms with van der Waals surface area (Å²) in [7, 11) is 1.52. The maximum Gasteiger partial charge on any atom is 0.237 e.